The molecule has 24 heavy (non-hydrogen) atoms. The van der Waals surface area contributed by atoms with E-state index < -0.39 is 29.9 Å². The van der Waals surface area contributed by atoms with Crippen molar-refractivity contribution in [2.45, 2.75) is 45.2 Å². The standard InChI is InChI=1S/C15H26N4O5/c1-3-9(2)13(15(23)24)18-14(22)10-5-4-6-19(10)12(21)8-17-11(20)7-16/h9-10,13H,3-8,16H2,1-2H3,(H,17,20)(H,18,22)(H,23,24)/t9-,10-,13-/m0/s1. The Morgan fingerprint density at radius 3 is 2.54 bits per heavy atom. The fourth-order valence-corrected chi connectivity index (χ4v) is 2.62. The Balaban J connectivity index is 2.69. The molecule has 5 N–H and O–H groups in total. The summed E-state index contributed by atoms with van der Waals surface area (Å²) in [6.45, 7) is 3.55. The zero-order chi connectivity index (χ0) is 18.3. The van der Waals surface area contributed by atoms with Crippen LogP contribution < -0.4 is 16.4 Å². The summed E-state index contributed by atoms with van der Waals surface area (Å²) in [4.78, 5) is 48.4. The van der Waals surface area contributed by atoms with Crippen molar-refractivity contribution in [2.75, 3.05) is 19.6 Å². The Kier molecular flexibility index (Phi) is 7.63. The summed E-state index contributed by atoms with van der Waals surface area (Å²) >= 11 is 0. The molecule has 0 aromatic rings. The van der Waals surface area contributed by atoms with Gasteiger partial charge in [-0.15, -0.1) is 0 Å². The van der Waals surface area contributed by atoms with Gasteiger partial charge in [0.2, 0.25) is 17.7 Å². The molecule has 1 fully saturated rings. The molecule has 0 spiro atoms. The fourth-order valence-electron chi connectivity index (χ4n) is 2.62. The van der Waals surface area contributed by atoms with Gasteiger partial charge in [0.15, 0.2) is 0 Å². The van der Waals surface area contributed by atoms with Gasteiger partial charge in [0, 0.05) is 6.54 Å². The molecule has 3 atom stereocenters. The van der Waals surface area contributed by atoms with Crippen LogP contribution in [0.25, 0.3) is 0 Å². The molecule has 9 heteroatoms. The van der Waals surface area contributed by atoms with Crippen molar-refractivity contribution in [1.82, 2.24) is 15.5 Å². The molecular weight excluding hydrogens is 316 g/mol. The van der Waals surface area contributed by atoms with Crippen LogP contribution in [-0.4, -0.2) is 65.4 Å². The van der Waals surface area contributed by atoms with Gasteiger partial charge in [0.05, 0.1) is 13.1 Å². The fraction of sp³-hybridized carbons (Fsp3) is 0.733. The SMILES string of the molecule is CC[C@H](C)[C@H](NC(=O)[C@@H]1CCCN1C(=O)CNC(=O)CN)C(=O)O. The molecule has 0 aromatic carbocycles. The first-order chi connectivity index (χ1) is 11.3. The van der Waals surface area contributed by atoms with Gasteiger partial charge in [-0.2, -0.15) is 0 Å². The van der Waals surface area contributed by atoms with E-state index in [1.165, 1.54) is 4.90 Å². The minimum Gasteiger partial charge on any atom is -0.480 e. The first-order valence-electron chi connectivity index (χ1n) is 8.11. The van der Waals surface area contributed by atoms with E-state index in [0.29, 0.717) is 25.8 Å². The Morgan fingerprint density at radius 1 is 1.33 bits per heavy atom. The number of hydrogen-bond acceptors (Lipinski definition) is 5. The molecule has 0 unspecified atom stereocenters. The van der Waals surface area contributed by atoms with Gasteiger partial charge in [-0.1, -0.05) is 20.3 Å². The molecule has 0 radical (unpaired) electrons. The largest absolute Gasteiger partial charge is 0.480 e. The van der Waals surface area contributed by atoms with E-state index in [1.807, 2.05) is 6.92 Å². The van der Waals surface area contributed by atoms with Gasteiger partial charge in [0.25, 0.3) is 0 Å². The molecule has 0 saturated carbocycles. The molecule has 1 rings (SSSR count). The number of nitrogens with one attached hydrogen (secondary N) is 2. The lowest BCUT2D eigenvalue weighted by atomic mass is 9.99. The molecule has 1 aliphatic heterocycles. The van der Waals surface area contributed by atoms with Crippen LogP contribution in [0.4, 0.5) is 0 Å². The lowest BCUT2D eigenvalue weighted by molar-refractivity contribution is -0.145. The van der Waals surface area contributed by atoms with Gasteiger partial charge >= 0.3 is 5.97 Å². The topological polar surface area (TPSA) is 142 Å². The van der Waals surface area contributed by atoms with Crippen LogP contribution in [0.3, 0.4) is 0 Å². The highest BCUT2D eigenvalue weighted by molar-refractivity contribution is 5.92. The molecule has 1 heterocycles. The average molecular weight is 342 g/mol. The number of nitrogens with zero attached hydrogens (tertiary/aromatic N) is 1. The Labute approximate surface area is 140 Å². The second-order valence-electron chi connectivity index (χ2n) is 5.94. The highest BCUT2D eigenvalue weighted by Crippen LogP contribution is 2.18. The van der Waals surface area contributed by atoms with Gasteiger partial charge in [0.1, 0.15) is 12.1 Å². The smallest absolute Gasteiger partial charge is 0.326 e. The van der Waals surface area contributed by atoms with E-state index >= 15 is 0 Å². The van der Waals surface area contributed by atoms with Gasteiger partial charge in [-0.05, 0) is 18.8 Å². The third-order valence-corrected chi connectivity index (χ3v) is 4.27. The molecule has 9 nitrogen and oxygen atoms in total. The molecule has 0 bridgehead atoms. The van der Waals surface area contributed by atoms with Gasteiger partial charge in [-0.25, -0.2) is 4.79 Å². The summed E-state index contributed by atoms with van der Waals surface area (Å²) in [5.74, 6) is -2.63. The van der Waals surface area contributed by atoms with Gasteiger partial charge in [-0.3, -0.25) is 14.4 Å². The maximum absolute atomic E-state index is 12.4. The molecule has 3 amide bonds. The Bertz CT molecular complexity index is 496. The van der Waals surface area contributed by atoms with Crippen molar-refractivity contribution in [2.24, 2.45) is 11.7 Å². The third kappa shape index (κ3) is 5.19. The normalized spacial score (nSPS) is 19.5. The lowest BCUT2D eigenvalue weighted by Gasteiger charge is -2.27. The number of carbonyl (C=O) groups is 4. The quantitative estimate of drug-likeness (QED) is 0.430. The zero-order valence-electron chi connectivity index (χ0n) is 14.1. The van der Waals surface area contributed by atoms with Crippen LogP contribution in [0, 0.1) is 5.92 Å². The number of carbonyl (C=O) groups excluding carboxylic acids is 3. The first kappa shape index (κ1) is 19.9. The van der Waals surface area contributed by atoms with E-state index in [-0.39, 0.29) is 24.9 Å². The number of aliphatic carboxylic acids is 1. The average Bonchev–Trinajstić information content (AvgIpc) is 3.05. The monoisotopic (exact) mass is 342 g/mol. The second-order valence-corrected chi connectivity index (χ2v) is 5.94. The number of carboxylic acids is 1. The summed E-state index contributed by atoms with van der Waals surface area (Å²) in [6.07, 6.45) is 1.72. The van der Waals surface area contributed by atoms with Crippen molar-refractivity contribution < 1.29 is 24.3 Å². The summed E-state index contributed by atoms with van der Waals surface area (Å²) in [6, 6.07) is -1.70. The lowest BCUT2D eigenvalue weighted by Crippen LogP contribution is -2.54. The molecule has 0 aromatic heterocycles. The van der Waals surface area contributed by atoms with Crippen LogP contribution >= 0.6 is 0 Å². The van der Waals surface area contributed by atoms with Crippen LogP contribution in [-0.2, 0) is 19.2 Å². The molecular formula is C15H26N4O5. The number of carboxylic acid groups (broad SMARTS) is 1. The first-order valence-corrected chi connectivity index (χ1v) is 8.11. The van der Waals surface area contributed by atoms with E-state index in [0.717, 1.165) is 0 Å². The maximum atomic E-state index is 12.4. The second kappa shape index (κ2) is 9.21. The van der Waals surface area contributed by atoms with Crippen molar-refractivity contribution in [3.8, 4) is 0 Å². The zero-order valence-corrected chi connectivity index (χ0v) is 14.1. The number of rotatable bonds is 8. The summed E-state index contributed by atoms with van der Waals surface area (Å²) in [7, 11) is 0. The summed E-state index contributed by atoms with van der Waals surface area (Å²) in [5.41, 5.74) is 5.16. The van der Waals surface area contributed by atoms with E-state index in [2.05, 4.69) is 10.6 Å². The van der Waals surface area contributed by atoms with Crippen LogP contribution in [0.1, 0.15) is 33.1 Å². The minimum atomic E-state index is -1.09. The predicted octanol–water partition coefficient (Wildman–Crippen LogP) is -1.33. The molecule has 1 aliphatic rings. The Hall–Kier alpha value is -2.16. The number of amides is 3. The highest BCUT2D eigenvalue weighted by Gasteiger charge is 2.36. The van der Waals surface area contributed by atoms with Crippen molar-refractivity contribution in [3.63, 3.8) is 0 Å². The number of nitrogens with two attached hydrogens (primary N) is 1. The van der Waals surface area contributed by atoms with Crippen molar-refractivity contribution in [3.05, 3.63) is 0 Å². The van der Waals surface area contributed by atoms with E-state index in [1.54, 1.807) is 6.92 Å². The van der Waals surface area contributed by atoms with E-state index in [4.69, 9.17) is 5.73 Å². The maximum Gasteiger partial charge on any atom is 0.326 e. The third-order valence-electron chi connectivity index (χ3n) is 4.27. The van der Waals surface area contributed by atoms with Crippen LogP contribution in [0.5, 0.6) is 0 Å². The number of hydrogen-bond donors (Lipinski definition) is 4. The minimum absolute atomic E-state index is 0.216. The van der Waals surface area contributed by atoms with Crippen LogP contribution in [0.15, 0.2) is 0 Å². The van der Waals surface area contributed by atoms with Crippen molar-refractivity contribution >= 4 is 23.7 Å². The van der Waals surface area contributed by atoms with Crippen LogP contribution in [0.2, 0.25) is 0 Å². The highest BCUT2D eigenvalue weighted by atomic mass is 16.4. The predicted molar refractivity (Wildman–Crippen MR) is 85.8 cm³/mol. The summed E-state index contributed by atoms with van der Waals surface area (Å²) < 4.78 is 0. The molecule has 136 valence electrons. The van der Waals surface area contributed by atoms with E-state index in [9.17, 15) is 24.3 Å². The molecule has 0 aliphatic carbocycles. The van der Waals surface area contributed by atoms with Gasteiger partial charge < -0.3 is 26.4 Å². The summed E-state index contributed by atoms with van der Waals surface area (Å²) in [5, 5.41) is 14.2. The molecule has 1 saturated heterocycles. The Morgan fingerprint density at radius 2 is 2.00 bits per heavy atom. The number of likely N-dealkylation sites (tertiary alicyclic amines) is 1. The van der Waals surface area contributed by atoms with Crippen molar-refractivity contribution in [1.29, 1.82) is 0 Å².